The SMILES string of the molecule is CCNC[C@H]1CC[C@@H](C(=O)O)N1c1ccn(C)c1. The van der Waals surface area contributed by atoms with Crippen molar-refractivity contribution in [2.75, 3.05) is 18.0 Å². The van der Waals surface area contributed by atoms with E-state index in [0.29, 0.717) is 0 Å². The Hall–Kier alpha value is -1.49. The second-order valence-corrected chi connectivity index (χ2v) is 4.84. The fourth-order valence-corrected chi connectivity index (χ4v) is 2.67. The summed E-state index contributed by atoms with van der Waals surface area (Å²) in [7, 11) is 1.95. The Morgan fingerprint density at radius 1 is 1.56 bits per heavy atom. The van der Waals surface area contributed by atoms with Crippen molar-refractivity contribution < 1.29 is 9.90 Å². The number of aryl methyl sites for hydroxylation is 1. The summed E-state index contributed by atoms with van der Waals surface area (Å²) >= 11 is 0. The zero-order valence-corrected chi connectivity index (χ0v) is 11.0. The number of carboxylic acids is 1. The molecular weight excluding hydrogens is 230 g/mol. The summed E-state index contributed by atoms with van der Waals surface area (Å²) in [6, 6.07) is 1.87. The van der Waals surface area contributed by atoms with Crippen LogP contribution >= 0.6 is 0 Å². The summed E-state index contributed by atoms with van der Waals surface area (Å²) in [5, 5.41) is 12.6. The van der Waals surface area contributed by atoms with E-state index in [1.807, 2.05) is 35.0 Å². The summed E-state index contributed by atoms with van der Waals surface area (Å²) in [6.45, 7) is 3.82. The minimum Gasteiger partial charge on any atom is -0.480 e. The average molecular weight is 251 g/mol. The number of anilines is 1. The van der Waals surface area contributed by atoms with Crippen LogP contribution in [0, 0.1) is 0 Å². The second kappa shape index (κ2) is 5.44. The van der Waals surface area contributed by atoms with E-state index in [9.17, 15) is 9.90 Å². The van der Waals surface area contributed by atoms with Crippen LogP contribution in [0.2, 0.25) is 0 Å². The molecular formula is C13H21N3O2. The van der Waals surface area contributed by atoms with Gasteiger partial charge in [0.2, 0.25) is 0 Å². The maximum atomic E-state index is 11.3. The summed E-state index contributed by atoms with van der Waals surface area (Å²) in [6.07, 6.45) is 5.59. The molecule has 1 aliphatic rings. The largest absolute Gasteiger partial charge is 0.480 e. The first-order valence-electron chi connectivity index (χ1n) is 6.47. The molecule has 0 spiro atoms. The van der Waals surface area contributed by atoms with Crippen molar-refractivity contribution in [1.82, 2.24) is 9.88 Å². The first-order chi connectivity index (χ1) is 8.63. The lowest BCUT2D eigenvalue weighted by Crippen LogP contribution is -2.45. The number of aromatic nitrogens is 1. The van der Waals surface area contributed by atoms with Gasteiger partial charge >= 0.3 is 5.97 Å². The van der Waals surface area contributed by atoms with Gasteiger partial charge in [0.05, 0.1) is 5.69 Å². The number of nitrogens with one attached hydrogen (secondary N) is 1. The van der Waals surface area contributed by atoms with Gasteiger partial charge in [0, 0.05) is 32.0 Å². The van der Waals surface area contributed by atoms with Crippen LogP contribution in [0.1, 0.15) is 19.8 Å². The summed E-state index contributed by atoms with van der Waals surface area (Å²) in [4.78, 5) is 13.4. The minimum atomic E-state index is -0.724. The van der Waals surface area contributed by atoms with Crippen LogP contribution in [0.3, 0.4) is 0 Å². The van der Waals surface area contributed by atoms with Gasteiger partial charge in [0.1, 0.15) is 6.04 Å². The number of aliphatic carboxylic acids is 1. The van der Waals surface area contributed by atoms with E-state index in [0.717, 1.165) is 31.6 Å². The highest BCUT2D eigenvalue weighted by molar-refractivity contribution is 5.79. The number of hydrogen-bond acceptors (Lipinski definition) is 3. The predicted octanol–water partition coefficient (Wildman–Crippen LogP) is 1.06. The molecule has 2 atom stereocenters. The van der Waals surface area contributed by atoms with Gasteiger partial charge in [-0.15, -0.1) is 0 Å². The van der Waals surface area contributed by atoms with Gasteiger partial charge in [-0.3, -0.25) is 0 Å². The fraction of sp³-hybridized carbons (Fsp3) is 0.615. The van der Waals surface area contributed by atoms with Gasteiger partial charge in [-0.2, -0.15) is 0 Å². The summed E-state index contributed by atoms with van der Waals surface area (Å²) in [5.74, 6) is -0.724. The number of hydrogen-bond donors (Lipinski definition) is 2. The van der Waals surface area contributed by atoms with Crippen molar-refractivity contribution >= 4 is 11.7 Å². The second-order valence-electron chi connectivity index (χ2n) is 4.84. The van der Waals surface area contributed by atoms with E-state index >= 15 is 0 Å². The quantitative estimate of drug-likeness (QED) is 0.821. The van der Waals surface area contributed by atoms with Gasteiger partial charge in [0.15, 0.2) is 0 Å². The lowest BCUT2D eigenvalue weighted by Gasteiger charge is -2.29. The molecule has 1 aliphatic heterocycles. The van der Waals surface area contributed by atoms with Crippen molar-refractivity contribution in [2.24, 2.45) is 7.05 Å². The third-order valence-electron chi connectivity index (χ3n) is 3.53. The molecule has 0 saturated carbocycles. The first-order valence-corrected chi connectivity index (χ1v) is 6.47. The molecule has 0 bridgehead atoms. The van der Waals surface area contributed by atoms with E-state index in [1.165, 1.54) is 0 Å². The lowest BCUT2D eigenvalue weighted by atomic mass is 10.2. The zero-order chi connectivity index (χ0) is 13.1. The fourth-order valence-electron chi connectivity index (χ4n) is 2.67. The maximum absolute atomic E-state index is 11.3. The Balaban J connectivity index is 2.19. The number of rotatable bonds is 5. The number of carbonyl (C=O) groups is 1. The van der Waals surface area contributed by atoms with E-state index in [1.54, 1.807) is 0 Å². The van der Waals surface area contributed by atoms with Crippen LogP contribution in [-0.2, 0) is 11.8 Å². The van der Waals surface area contributed by atoms with Crippen LogP contribution < -0.4 is 10.2 Å². The van der Waals surface area contributed by atoms with Crippen LogP contribution in [0.4, 0.5) is 5.69 Å². The highest BCUT2D eigenvalue weighted by Gasteiger charge is 2.37. The maximum Gasteiger partial charge on any atom is 0.326 e. The Morgan fingerprint density at radius 2 is 2.33 bits per heavy atom. The number of carboxylic acid groups (broad SMARTS) is 1. The third kappa shape index (κ3) is 2.51. The van der Waals surface area contributed by atoms with Gasteiger partial charge in [0.25, 0.3) is 0 Å². The normalized spacial score (nSPS) is 23.6. The van der Waals surface area contributed by atoms with Crippen molar-refractivity contribution in [3.8, 4) is 0 Å². The first kappa shape index (κ1) is 13.0. The minimum absolute atomic E-state index is 0.272. The van der Waals surface area contributed by atoms with E-state index in [2.05, 4.69) is 12.2 Å². The molecule has 0 aliphatic carbocycles. The molecule has 5 heteroatoms. The monoisotopic (exact) mass is 251 g/mol. The molecule has 0 aromatic carbocycles. The van der Waals surface area contributed by atoms with Gasteiger partial charge in [-0.05, 0) is 25.5 Å². The highest BCUT2D eigenvalue weighted by Crippen LogP contribution is 2.30. The topological polar surface area (TPSA) is 57.5 Å². The lowest BCUT2D eigenvalue weighted by molar-refractivity contribution is -0.138. The molecule has 2 rings (SSSR count). The predicted molar refractivity (Wildman–Crippen MR) is 70.9 cm³/mol. The Bertz CT molecular complexity index is 416. The standard InChI is InChI=1S/C13H21N3O2/c1-3-14-8-10-4-5-12(13(17)18)16(10)11-6-7-15(2)9-11/h6-7,9-10,12,14H,3-5,8H2,1-2H3,(H,17,18)/t10-,12+/m1/s1. The Morgan fingerprint density at radius 3 is 2.89 bits per heavy atom. The average Bonchev–Trinajstić information content (AvgIpc) is 2.91. The van der Waals surface area contributed by atoms with E-state index in [-0.39, 0.29) is 6.04 Å². The van der Waals surface area contributed by atoms with Crippen LogP contribution in [-0.4, -0.2) is 40.8 Å². The molecule has 2 N–H and O–H groups in total. The van der Waals surface area contributed by atoms with Crippen molar-refractivity contribution in [2.45, 2.75) is 31.8 Å². The smallest absolute Gasteiger partial charge is 0.326 e. The van der Waals surface area contributed by atoms with Crippen molar-refractivity contribution in [3.63, 3.8) is 0 Å². The Labute approximate surface area is 107 Å². The molecule has 2 heterocycles. The molecule has 1 aromatic heterocycles. The van der Waals surface area contributed by atoms with Crippen molar-refractivity contribution in [3.05, 3.63) is 18.5 Å². The van der Waals surface area contributed by atoms with Crippen molar-refractivity contribution in [1.29, 1.82) is 0 Å². The van der Waals surface area contributed by atoms with Crippen LogP contribution in [0.25, 0.3) is 0 Å². The van der Waals surface area contributed by atoms with Gasteiger partial charge < -0.3 is 19.9 Å². The molecule has 0 amide bonds. The Kier molecular flexibility index (Phi) is 3.91. The van der Waals surface area contributed by atoms with Crippen LogP contribution in [0.15, 0.2) is 18.5 Å². The summed E-state index contributed by atoms with van der Waals surface area (Å²) in [5.41, 5.74) is 1.00. The van der Waals surface area contributed by atoms with E-state index < -0.39 is 12.0 Å². The number of nitrogens with zero attached hydrogens (tertiary/aromatic N) is 2. The molecule has 0 radical (unpaired) electrons. The van der Waals surface area contributed by atoms with Gasteiger partial charge in [-0.25, -0.2) is 4.79 Å². The molecule has 18 heavy (non-hydrogen) atoms. The zero-order valence-electron chi connectivity index (χ0n) is 11.0. The molecule has 0 unspecified atom stereocenters. The molecule has 100 valence electrons. The number of likely N-dealkylation sites (N-methyl/N-ethyl adjacent to an activating group) is 1. The highest BCUT2D eigenvalue weighted by atomic mass is 16.4. The van der Waals surface area contributed by atoms with E-state index in [4.69, 9.17) is 0 Å². The van der Waals surface area contributed by atoms with Crippen LogP contribution in [0.5, 0.6) is 0 Å². The molecule has 1 aromatic rings. The third-order valence-corrected chi connectivity index (χ3v) is 3.53. The molecule has 5 nitrogen and oxygen atoms in total. The summed E-state index contributed by atoms with van der Waals surface area (Å²) < 4.78 is 1.96. The molecule has 1 fully saturated rings. The molecule has 1 saturated heterocycles. The van der Waals surface area contributed by atoms with Gasteiger partial charge in [-0.1, -0.05) is 6.92 Å².